The highest BCUT2D eigenvalue weighted by Crippen LogP contribution is 2.37. The fourth-order valence-corrected chi connectivity index (χ4v) is 4.37. The molecule has 1 aliphatic carbocycles. The lowest BCUT2D eigenvalue weighted by Crippen LogP contribution is -2.14. The zero-order chi connectivity index (χ0) is 21.8. The van der Waals surface area contributed by atoms with Gasteiger partial charge in [0.25, 0.3) is 0 Å². The number of hydrogen-bond donors (Lipinski definition) is 0. The SMILES string of the molecule is CC[C@H]1CC[C@H](c2ccc(C(=O)Oc3ccc(-c4ccc(F)cc4)cc3)c(F)c2)CC1. The molecule has 3 aromatic carbocycles. The largest absolute Gasteiger partial charge is 0.423 e. The Morgan fingerprint density at radius 3 is 2.06 bits per heavy atom. The van der Waals surface area contributed by atoms with Crippen LogP contribution in [0.25, 0.3) is 11.1 Å². The van der Waals surface area contributed by atoms with Gasteiger partial charge < -0.3 is 4.74 Å². The predicted octanol–water partition coefficient (Wildman–Crippen LogP) is 7.53. The molecule has 1 aliphatic rings. The summed E-state index contributed by atoms with van der Waals surface area (Å²) in [6, 6.07) is 17.9. The van der Waals surface area contributed by atoms with Gasteiger partial charge in [0.1, 0.15) is 17.4 Å². The topological polar surface area (TPSA) is 26.3 Å². The van der Waals surface area contributed by atoms with E-state index in [-0.39, 0.29) is 11.4 Å². The zero-order valence-corrected chi connectivity index (χ0v) is 17.6. The molecule has 0 spiro atoms. The number of carbonyl (C=O) groups excluding carboxylic acids is 1. The zero-order valence-electron chi connectivity index (χ0n) is 17.6. The Morgan fingerprint density at radius 2 is 1.48 bits per heavy atom. The molecular weight excluding hydrogens is 394 g/mol. The summed E-state index contributed by atoms with van der Waals surface area (Å²) >= 11 is 0. The van der Waals surface area contributed by atoms with Crippen LogP contribution in [0.1, 0.15) is 60.9 Å². The molecule has 4 heteroatoms. The summed E-state index contributed by atoms with van der Waals surface area (Å²) in [7, 11) is 0. The normalized spacial score (nSPS) is 18.5. The van der Waals surface area contributed by atoms with E-state index in [0.717, 1.165) is 35.4 Å². The molecule has 0 amide bonds. The van der Waals surface area contributed by atoms with E-state index in [4.69, 9.17) is 4.74 Å². The molecule has 0 radical (unpaired) electrons. The van der Waals surface area contributed by atoms with E-state index in [1.165, 1.54) is 43.5 Å². The lowest BCUT2D eigenvalue weighted by atomic mass is 9.78. The van der Waals surface area contributed by atoms with E-state index < -0.39 is 11.8 Å². The highest BCUT2D eigenvalue weighted by atomic mass is 19.1. The first kappa shape index (κ1) is 21.2. The fraction of sp³-hybridized carbons (Fsp3) is 0.296. The third kappa shape index (κ3) is 5.01. The van der Waals surface area contributed by atoms with Crippen molar-refractivity contribution in [1.29, 1.82) is 0 Å². The van der Waals surface area contributed by atoms with Gasteiger partial charge in [0.05, 0.1) is 5.56 Å². The van der Waals surface area contributed by atoms with Crippen LogP contribution >= 0.6 is 0 Å². The Kier molecular flexibility index (Phi) is 6.45. The lowest BCUT2D eigenvalue weighted by Gasteiger charge is -2.28. The van der Waals surface area contributed by atoms with Crippen molar-refractivity contribution >= 4 is 5.97 Å². The van der Waals surface area contributed by atoms with Crippen molar-refractivity contribution in [2.75, 3.05) is 0 Å². The monoisotopic (exact) mass is 420 g/mol. The second kappa shape index (κ2) is 9.42. The van der Waals surface area contributed by atoms with Crippen LogP contribution in [-0.4, -0.2) is 5.97 Å². The van der Waals surface area contributed by atoms with Crippen molar-refractivity contribution in [3.05, 3.63) is 89.5 Å². The van der Waals surface area contributed by atoms with Gasteiger partial charge in [-0.25, -0.2) is 13.6 Å². The second-order valence-electron chi connectivity index (χ2n) is 8.29. The van der Waals surface area contributed by atoms with Gasteiger partial charge in [-0.3, -0.25) is 0 Å². The van der Waals surface area contributed by atoms with Crippen molar-refractivity contribution in [3.8, 4) is 16.9 Å². The van der Waals surface area contributed by atoms with E-state index in [1.54, 1.807) is 36.4 Å². The average Bonchev–Trinajstić information content (AvgIpc) is 2.80. The fourth-order valence-electron chi connectivity index (χ4n) is 4.37. The van der Waals surface area contributed by atoms with Crippen LogP contribution in [-0.2, 0) is 0 Å². The number of esters is 1. The van der Waals surface area contributed by atoms with Crippen molar-refractivity contribution in [2.45, 2.75) is 44.9 Å². The Hall–Kier alpha value is -3.01. The number of halogens is 2. The molecule has 4 rings (SSSR count). The first-order chi connectivity index (χ1) is 15.0. The Balaban J connectivity index is 1.42. The van der Waals surface area contributed by atoms with Gasteiger partial charge >= 0.3 is 5.97 Å². The molecule has 0 heterocycles. The minimum Gasteiger partial charge on any atom is -0.423 e. The third-order valence-electron chi connectivity index (χ3n) is 6.35. The average molecular weight is 420 g/mol. The van der Waals surface area contributed by atoms with E-state index in [2.05, 4.69) is 6.92 Å². The van der Waals surface area contributed by atoms with Gasteiger partial charge in [0.15, 0.2) is 0 Å². The number of carbonyl (C=O) groups is 1. The molecule has 160 valence electrons. The summed E-state index contributed by atoms with van der Waals surface area (Å²) in [5.74, 6) is -0.0734. The number of rotatable bonds is 5. The summed E-state index contributed by atoms with van der Waals surface area (Å²) in [5.41, 5.74) is 2.63. The van der Waals surface area contributed by atoms with E-state index in [1.807, 2.05) is 6.07 Å². The lowest BCUT2D eigenvalue weighted by molar-refractivity contribution is 0.0730. The van der Waals surface area contributed by atoms with Crippen molar-refractivity contribution < 1.29 is 18.3 Å². The number of benzene rings is 3. The Morgan fingerprint density at radius 1 is 0.871 bits per heavy atom. The van der Waals surface area contributed by atoms with Crippen LogP contribution in [0.3, 0.4) is 0 Å². The molecule has 0 atom stereocenters. The van der Waals surface area contributed by atoms with Crippen LogP contribution in [0, 0.1) is 17.6 Å². The quantitative estimate of drug-likeness (QED) is 0.315. The van der Waals surface area contributed by atoms with Crippen molar-refractivity contribution in [1.82, 2.24) is 0 Å². The maximum Gasteiger partial charge on any atom is 0.346 e. The first-order valence-electron chi connectivity index (χ1n) is 10.9. The standard InChI is InChI=1S/C27H26F2O2/c1-2-18-3-5-21(6-4-18)22-11-16-25(26(29)17-22)27(30)31-24-14-9-20(10-15-24)19-7-12-23(28)13-8-19/h7-18,21H,2-6H2,1H3/t18-,21-. The molecule has 0 aliphatic heterocycles. The van der Waals surface area contributed by atoms with Gasteiger partial charge in [0.2, 0.25) is 0 Å². The van der Waals surface area contributed by atoms with Crippen LogP contribution in [0.4, 0.5) is 8.78 Å². The Bertz CT molecular complexity index is 1030. The number of ether oxygens (including phenoxy) is 1. The molecule has 3 aromatic rings. The van der Waals surface area contributed by atoms with Crippen molar-refractivity contribution in [3.63, 3.8) is 0 Å². The van der Waals surface area contributed by atoms with Gasteiger partial charge in [0, 0.05) is 0 Å². The first-order valence-corrected chi connectivity index (χ1v) is 10.9. The molecule has 0 aromatic heterocycles. The molecular formula is C27H26F2O2. The predicted molar refractivity (Wildman–Crippen MR) is 118 cm³/mol. The van der Waals surface area contributed by atoms with E-state index >= 15 is 0 Å². The molecule has 1 saturated carbocycles. The van der Waals surface area contributed by atoms with E-state index in [0.29, 0.717) is 11.7 Å². The van der Waals surface area contributed by atoms with Crippen molar-refractivity contribution in [2.24, 2.45) is 5.92 Å². The number of hydrogen-bond acceptors (Lipinski definition) is 2. The third-order valence-corrected chi connectivity index (χ3v) is 6.35. The summed E-state index contributed by atoms with van der Waals surface area (Å²) in [5, 5.41) is 0. The van der Waals surface area contributed by atoms with Crippen LogP contribution in [0.15, 0.2) is 66.7 Å². The minimum atomic E-state index is -0.715. The molecule has 31 heavy (non-hydrogen) atoms. The summed E-state index contributed by atoms with van der Waals surface area (Å²) in [4.78, 5) is 12.5. The smallest absolute Gasteiger partial charge is 0.346 e. The minimum absolute atomic E-state index is 0.0615. The molecule has 0 unspecified atom stereocenters. The van der Waals surface area contributed by atoms with Crippen LogP contribution in [0.5, 0.6) is 5.75 Å². The second-order valence-corrected chi connectivity index (χ2v) is 8.29. The van der Waals surface area contributed by atoms with Gasteiger partial charge in [-0.05, 0) is 90.6 Å². The molecule has 0 N–H and O–H groups in total. The summed E-state index contributed by atoms with van der Waals surface area (Å²) in [6.07, 6.45) is 5.71. The van der Waals surface area contributed by atoms with E-state index in [9.17, 15) is 13.6 Å². The van der Waals surface area contributed by atoms with Gasteiger partial charge in [-0.15, -0.1) is 0 Å². The highest BCUT2D eigenvalue weighted by molar-refractivity contribution is 5.91. The van der Waals surface area contributed by atoms with Gasteiger partial charge in [-0.1, -0.05) is 43.7 Å². The maximum atomic E-state index is 14.7. The van der Waals surface area contributed by atoms with Crippen LogP contribution < -0.4 is 4.74 Å². The molecule has 1 fully saturated rings. The maximum absolute atomic E-state index is 14.7. The summed E-state index contributed by atoms with van der Waals surface area (Å²) < 4.78 is 33.1. The van der Waals surface area contributed by atoms with Gasteiger partial charge in [-0.2, -0.15) is 0 Å². The molecule has 0 bridgehead atoms. The molecule has 2 nitrogen and oxygen atoms in total. The highest BCUT2D eigenvalue weighted by Gasteiger charge is 2.23. The molecule has 0 saturated heterocycles. The Labute approximate surface area is 181 Å². The van der Waals surface area contributed by atoms with Crippen LogP contribution in [0.2, 0.25) is 0 Å². The summed E-state index contributed by atoms with van der Waals surface area (Å²) in [6.45, 7) is 2.22.